The second-order valence-corrected chi connectivity index (χ2v) is 4.64. The van der Waals surface area contributed by atoms with E-state index in [0.717, 1.165) is 18.4 Å². The van der Waals surface area contributed by atoms with Crippen molar-refractivity contribution >= 4 is 11.9 Å². The van der Waals surface area contributed by atoms with Gasteiger partial charge in [0.25, 0.3) is 0 Å². The lowest BCUT2D eigenvalue weighted by molar-refractivity contribution is -0.120. The summed E-state index contributed by atoms with van der Waals surface area (Å²) >= 11 is 0. The minimum atomic E-state index is -0.499. The molecule has 1 saturated carbocycles. The van der Waals surface area contributed by atoms with E-state index in [2.05, 4.69) is 10.9 Å². The summed E-state index contributed by atoms with van der Waals surface area (Å²) in [6.07, 6.45) is 2.19. The van der Waals surface area contributed by atoms with Crippen LogP contribution in [0.25, 0.3) is 0 Å². The summed E-state index contributed by atoms with van der Waals surface area (Å²) in [6, 6.07) is 9.65. The quantitative estimate of drug-likeness (QED) is 0.814. The van der Waals surface area contributed by atoms with Gasteiger partial charge in [-0.1, -0.05) is 30.3 Å². The zero-order valence-corrected chi connectivity index (χ0v) is 10.7. The third-order valence-electron chi connectivity index (χ3n) is 3.13. The van der Waals surface area contributed by atoms with Crippen LogP contribution < -0.4 is 10.9 Å². The van der Waals surface area contributed by atoms with E-state index in [1.54, 1.807) is 0 Å². The SMILES string of the molecule is O=C1CCC(NNC(=O)OCc2ccccc2)CC1. The Labute approximate surface area is 112 Å². The highest BCUT2D eigenvalue weighted by Gasteiger charge is 2.18. The second-order valence-electron chi connectivity index (χ2n) is 4.64. The first-order valence-corrected chi connectivity index (χ1v) is 6.48. The van der Waals surface area contributed by atoms with Gasteiger partial charge in [0.1, 0.15) is 12.4 Å². The molecular weight excluding hydrogens is 244 g/mol. The lowest BCUT2D eigenvalue weighted by Gasteiger charge is -2.22. The summed E-state index contributed by atoms with van der Waals surface area (Å²) in [5, 5.41) is 0. The Kier molecular flexibility index (Phi) is 4.92. The molecular formula is C14H18N2O3. The molecule has 0 unspecified atom stereocenters. The number of amides is 1. The van der Waals surface area contributed by atoms with Gasteiger partial charge >= 0.3 is 6.09 Å². The van der Waals surface area contributed by atoms with Crippen molar-refractivity contribution in [3.8, 4) is 0 Å². The molecule has 2 rings (SSSR count). The van der Waals surface area contributed by atoms with Gasteiger partial charge in [-0.25, -0.2) is 10.2 Å². The van der Waals surface area contributed by atoms with E-state index in [4.69, 9.17) is 4.74 Å². The molecule has 0 aliphatic heterocycles. The molecule has 19 heavy (non-hydrogen) atoms. The van der Waals surface area contributed by atoms with E-state index < -0.39 is 6.09 Å². The third-order valence-corrected chi connectivity index (χ3v) is 3.13. The molecule has 0 heterocycles. The fourth-order valence-electron chi connectivity index (χ4n) is 2.00. The Morgan fingerprint density at radius 3 is 2.58 bits per heavy atom. The smallest absolute Gasteiger partial charge is 0.421 e. The Bertz CT molecular complexity index is 424. The maximum atomic E-state index is 11.5. The van der Waals surface area contributed by atoms with E-state index >= 15 is 0 Å². The first-order chi connectivity index (χ1) is 9.24. The fourth-order valence-corrected chi connectivity index (χ4v) is 2.00. The summed E-state index contributed by atoms with van der Waals surface area (Å²) in [5.74, 6) is 0.296. The number of hydrazine groups is 1. The van der Waals surface area contributed by atoms with Crippen LogP contribution in [0.15, 0.2) is 30.3 Å². The van der Waals surface area contributed by atoms with Gasteiger partial charge in [-0.05, 0) is 18.4 Å². The van der Waals surface area contributed by atoms with Crippen LogP contribution in [-0.4, -0.2) is 17.9 Å². The first-order valence-electron chi connectivity index (χ1n) is 6.48. The molecule has 0 spiro atoms. The summed E-state index contributed by atoms with van der Waals surface area (Å²) < 4.78 is 5.06. The third kappa shape index (κ3) is 4.71. The van der Waals surface area contributed by atoms with Gasteiger partial charge in [0.15, 0.2) is 0 Å². The summed E-state index contributed by atoms with van der Waals surface area (Å²) in [4.78, 5) is 22.5. The standard InChI is InChI=1S/C14H18N2O3/c17-13-8-6-12(7-9-13)15-16-14(18)19-10-11-4-2-1-3-5-11/h1-5,12,15H,6-10H2,(H,16,18). The highest BCUT2D eigenvalue weighted by atomic mass is 16.6. The molecule has 0 atom stereocenters. The molecule has 1 aliphatic carbocycles. The van der Waals surface area contributed by atoms with Crippen molar-refractivity contribution in [1.29, 1.82) is 0 Å². The van der Waals surface area contributed by atoms with Gasteiger partial charge in [-0.15, -0.1) is 0 Å². The van der Waals surface area contributed by atoms with Crippen LogP contribution in [-0.2, 0) is 16.1 Å². The van der Waals surface area contributed by atoms with Crippen LogP contribution in [0.3, 0.4) is 0 Å². The van der Waals surface area contributed by atoms with Crippen molar-refractivity contribution in [3.63, 3.8) is 0 Å². The van der Waals surface area contributed by atoms with Gasteiger partial charge in [0.2, 0.25) is 0 Å². The lowest BCUT2D eigenvalue weighted by atomic mass is 9.95. The molecule has 0 radical (unpaired) electrons. The van der Waals surface area contributed by atoms with Gasteiger partial charge in [0.05, 0.1) is 0 Å². The van der Waals surface area contributed by atoms with Crippen molar-refractivity contribution in [2.75, 3.05) is 0 Å². The van der Waals surface area contributed by atoms with Crippen molar-refractivity contribution in [3.05, 3.63) is 35.9 Å². The summed E-state index contributed by atoms with van der Waals surface area (Å²) in [7, 11) is 0. The van der Waals surface area contributed by atoms with Crippen molar-refractivity contribution < 1.29 is 14.3 Å². The number of carbonyl (C=O) groups excluding carboxylic acids is 2. The molecule has 1 aromatic rings. The Morgan fingerprint density at radius 2 is 1.89 bits per heavy atom. The number of carbonyl (C=O) groups is 2. The monoisotopic (exact) mass is 262 g/mol. The topological polar surface area (TPSA) is 67.4 Å². The Hall–Kier alpha value is -1.88. The predicted octanol–water partition coefficient (Wildman–Crippen LogP) is 1.93. The van der Waals surface area contributed by atoms with Gasteiger partial charge in [-0.2, -0.15) is 0 Å². The highest BCUT2D eigenvalue weighted by Crippen LogP contribution is 2.13. The van der Waals surface area contributed by atoms with Crippen LogP contribution in [0.1, 0.15) is 31.2 Å². The van der Waals surface area contributed by atoms with E-state index in [9.17, 15) is 9.59 Å². The number of nitrogens with one attached hydrogen (secondary N) is 2. The number of rotatable bonds is 4. The molecule has 1 aliphatic rings. The first kappa shape index (κ1) is 13.5. The van der Waals surface area contributed by atoms with E-state index in [0.29, 0.717) is 18.6 Å². The Morgan fingerprint density at radius 1 is 1.21 bits per heavy atom. The second kappa shape index (κ2) is 6.89. The summed E-state index contributed by atoms with van der Waals surface area (Å²) in [6.45, 7) is 0.248. The molecule has 1 aromatic carbocycles. The number of ether oxygens (including phenoxy) is 1. The van der Waals surface area contributed by atoms with Crippen LogP contribution in [0.2, 0.25) is 0 Å². The summed E-state index contributed by atoms with van der Waals surface area (Å²) in [5.41, 5.74) is 6.36. The van der Waals surface area contributed by atoms with Gasteiger partial charge in [-0.3, -0.25) is 10.2 Å². The predicted molar refractivity (Wildman–Crippen MR) is 70.2 cm³/mol. The van der Waals surface area contributed by atoms with Gasteiger partial charge < -0.3 is 4.74 Å². The van der Waals surface area contributed by atoms with Gasteiger partial charge in [0, 0.05) is 18.9 Å². The fraction of sp³-hybridized carbons (Fsp3) is 0.429. The van der Waals surface area contributed by atoms with E-state index in [-0.39, 0.29) is 12.6 Å². The zero-order chi connectivity index (χ0) is 13.5. The number of hydrogen-bond donors (Lipinski definition) is 2. The van der Waals surface area contributed by atoms with Crippen LogP contribution in [0, 0.1) is 0 Å². The molecule has 0 bridgehead atoms. The number of ketones is 1. The average Bonchev–Trinajstić information content (AvgIpc) is 2.45. The Balaban J connectivity index is 1.63. The molecule has 1 fully saturated rings. The number of hydrogen-bond acceptors (Lipinski definition) is 4. The van der Waals surface area contributed by atoms with Crippen LogP contribution in [0.5, 0.6) is 0 Å². The minimum absolute atomic E-state index is 0.155. The van der Waals surface area contributed by atoms with E-state index in [1.807, 2.05) is 30.3 Å². The number of Topliss-reactive ketones (excluding diaryl/α,β-unsaturated/α-hetero) is 1. The number of benzene rings is 1. The van der Waals surface area contributed by atoms with Crippen LogP contribution >= 0.6 is 0 Å². The molecule has 102 valence electrons. The molecule has 0 aromatic heterocycles. The molecule has 0 saturated heterocycles. The van der Waals surface area contributed by atoms with Crippen molar-refractivity contribution in [1.82, 2.24) is 10.9 Å². The van der Waals surface area contributed by atoms with E-state index in [1.165, 1.54) is 0 Å². The minimum Gasteiger partial charge on any atom is -0.444 e. The molecule has 2 N–H and O–H groups in total. The molecule has 5 nitrogen and oxygen atoms in total. The van der Waals surface area contributed by atoms with Crippen LogP contribution in [0.4, 0.5) is 4.79 Å². The molecule has 5 heteroatoms. The van der Waals surface area contributed by atoms with Crippen molar-refractivity contribution in [2.24, 2.45) is 0 Å². The largest absolute Gasteiger partial charge is 0.444 e. The van der Waals surface area contributed by atoms with Crippen molar-refractivity contribution in [2.45, 2.75) is 38.3 Å². The maximum absolute atomic E-state index is 11.5. The zero-order valence-electron chi connectivity index (χ0n) is 10.7. The highest BCUT2D eigenvalue weighted by molar-refractivity contribution is 5.79. The molecule has 1 amide bonds. The normalized spacial score (nSPS) is 16.1. The lowest BCUT2D eigenvalue weighted by Crippen LogP contribution is -2.46. The average molecular weight is 262 g/mol. The maximum Gasteiger partial charge on any atom is 0.421 e.